The number of alkyl halides is 3. The molecule has 0 radical (unpaired) electrons. The fourth-order valence-corrected chi connectivity index (χ4v) is 2.08. The first-order chi connectivity index (χ1) is 10.7. The molecular weight excluding hydrogens is 333 g/mol. The summed E-state index contributed by atoms with van der Waals surface area (Å²) in [6, 6.07) is 6.33. The van der Waals surface area contributed by atoms with E-state index >= 15 is 0 Å². The molecule has 1 amide bonds. The molecule has 0 saturated heterocycles. The lowest BCUT2D eigenvalue weighted by atomic mass is 10.2. The van der Waals surface area contributed by atoms with Crippen molar-refractivity contribution in [3.05, 3.63) is 63.0 Å². The monoisotopic (exact) mass is 344 g/mol. The topological polar surface area (TPSA) is 51.1 Å². The summed E-state index contributed by atoms with van der Waals surface area (Å²) in [4.78, 5) is 23.6. The quantitative estimate of drug-likeness (QED) is 0.927. The minimum atomic E-state index is -4.59. The van der Waals surface area contributed by atoms with E-state index in [9.17, 15) is 22.8 Å². The van der Waals surface area contributed by atoms with E-state index in [-0.39, 0.29) is 0 Å². The molecule has 1 N–H and O–H groups in total. The van der Waals surface area contributed by atoms with Gasteiger partial charge in [-0.15, -0.1) is 0 Å². The van der Waals surface area contributed by atoms with Gasteiger partial charge in [-0.3, -0.25) is 9.59 Å². The summed E-state index contributed by atoms with van der Waals surface area (Å²) in [7, 11) is 0. The zero-order chi connectivity index (χ0) is 17.2. The Hall–Kier alpha value is -2.28. The molecule has 0 spiro atoms. The van der Waals surface area contributed by atoms with Crippen LogP contribution >= 0.6 is 11.6 Å². The van der Waals surface area contributed by atoms with Gasteiger partial charge in [-0.25, -0.2) is 0 Å². The molecule has 0 aliphatic heterocycles. The third kappa shape index (κ3) is 4.13. The largest absolute Gasteiger partial charge is 0.417 e. The lowest BCUT2D eigenvalue weighted by Crippen LogP contribution is -2.28. The molecule has 0 saturated carbocycles. The molecule has 122 valence electrons. The second-order valence-corrected chi connectivity index (χ2v) is 5.25. The average Bonchev–Trinajstić information content (AvgIpc) is 2.45. The summed E-state index contributed by atoms with van der Waals surface area (Å²) < 4.78 is 38.7. The standard InChI is InChI=1S/C15H12ClF3N2O2/c1-9-11(16)3-2-4-12(9)20-13(22)8-21-7-10(15(17,18)19)5-6-14(21)23/h2-7H,8H2,1H3,(H,20,22). The second kappa shape index (κ2) is 6.45. The van der Waals surface area contributed by atoms with Crippen LogP contribution in [0.3, 0.4) is 0 Å². The lowest BCUT2D eigenvalue weighted by molar-refractivity contribution is -0.138. The van der Waals surface area contributed by atoms with Crippen LogP contribution in [-0.2, 0) is 17.5 Å². The van der Waals surface area contributed by atoms with Crippen molar-refractivity contribution in [3.8, 4) is 0 Å². The van der Waals surface area contributed by atoms with Crippen molar-refractivity contribution >= 4 is 23.2 Å². The summed E-state index contributed by atoms with van der Waals surface area (Å²) >= 11 is 5.92. The number of nitrogens with zero attached hydrogens (tertiary/aromatic N) is 1. The van der Waals surface area contributed by atoms with Crippen LogP contribution in [0.15, 0.2) is 41.3 Å². The molecule has 1 aromatic heterocycles. The van der Waals surface area contributed by atoms with Crippen molar-refractivity contribution in [3.63, 3.8) is 0 Å². The van der Waals surface area contributed by atoms with Crippen molar-refractivity contribution in [1.29, 1.82) is 0 Å². The molecule has 0 atom stereocenters. The first-order valence-electron chi connectivity index (χ1n) is 6.51. The van der Waals surface area contributed by atoms with Gasteiger partial charge in [0.15, 0.2) is 0 Å². The minimum Gasteiger partial charge on any atom is -0.324 e. The molecular formula is C15H12ClF3N2O2. The van der Waals surface area contributed by atoms with E-state index in [0.717, 1.165) is 6.07 Å². The van der Waals surface area contributed by atoms with Gasteiger partial charge >= 0.3 is 6.18 Å². The number of carbonyl (C=O) groups excluding carboxylic acids is 1. The van der Waals surface area contributed by atoms with E-state index in [2.05, 4.69) is 5.32 Å². The number of halogens is 4. The number of nitrogens with one attached hydrogen (secondary N) is 1. The molecule has 0 aliphatic rings. The van der Waals surface area contributed by atoms with Crippen LogP contribution in [0.4, 0.5) is 18.9 Å². The number of anilines is 1. The first kappa shape index (κ1) is 17.1. The molecule has 4 nitrogen and oxygen atoms in total. The van der Waals surface area contributed by atoms with Crippen molar-refractivity contribution in [2.24, 2.45) is 0 Å². The second-order valence-electron chi connectivity index (χ2n) is 4.84. The Balaban J connectivity index is 2.20. The molecule has 8 heteroatoms. The van der Waals surface area contributed by atoms with Crippen molar-refractivity contribution in [1.82, 2.24) is 4.57 Å². The van der Waals surface area contributed by atoms with Gasteiger partial charge in [-0.1, -0.05) is 17.7 Å². The number of hydrogen-bond acceptors (Lipinski definition) is 2. The highest BCUT2D eigenvalue weighted by Gasteiger charge is 2.31. The fourth-order valence-electron chi connectivity index (χ4n) is 1.91. The highest BCUT2D eigenvalue weighted by atomic mass is 35.5. The number of rotatable bonds is 3. The molecule has 0 aliphatic carbocycles. The van der Waals surface area contributed by atoms with Crippen LogP contribution in [0, 0.1) is 6.92 Å². The predicted molar refractivity (Wildman–Crippen MR) is 80.5 cm³/mol. The number of hydrogen-bond donors (Lipinski definition) is 1. The van der Waals surface area contributed by atoms with Gasteiger partial charge in [-0.2, -0.15) is 13.2 Å². The predicted octanol–water partition coefficient (Wildman–Crippen LogP) is 3.47. The molecule has 1 heterocycles. The highest BCUT2D eigenvalue weighted by molar-refractivity contribution is 6.31. The maximum Gasteiger partial charge on any atom is 0.417 e. The molecule has 0 fully saturated rings. The fraction of sp³-hybridized carbons (Fsp3) is 0.200. The summed E-state index contributed by atoms with van der Waals surface area (Å²) in [5.74, 6) is -0.628. The summed E-state index contributed by atoms with van der Waals surface area (Å²) in [5.41, 5.74) is -0.638. The number of benzene rings is 1. The molecule has 2 aromatic rings. The average molecular weight is 345 g/mol. The van der Waals surface area contributed by atoms with Gasteiger partial charge in [0, 0.05) is 23.0 Å². The Morgan fingerprint density at radius 3 is 2.61 bits per heavy atom. The number of carbonyl (C=O) groups is 1. The van der Waals surface area contributed by atoms with E-state index in [1.165, 1.54) is 0 Å². The highest BCUT2D eigenvalue weighted by Crippen LogP contribution is 2.28. The van der Waals surface area contributed by atoms with Crippen LogP contribution in [0.5, 0.6) is 0 Å². The van der Waals surface area contributed by atoms with Gasteiger partial charge in [0.1, 0.15) is 6.54 Å². The van der Waals surface area contributed by atoms with E-state index in [1.807, 2.05) is 0 Å². The third-order valence-corrected chi connectivity index (χ3v) is 3.58. The molecule has 0 unspecified atom stereocenters. The van der Waals surface area contributed by atoms with Crippen LogP contribution in [0.1, 0.15) is 11.1 Å². The summed E-state index contributed by atoms with van der Waals surface area (Å²) in [6.07, 6.45) is -3.97. The third-order valence-electron chi connectivity index (χ3n) is 3.17. The van der Waals surface area contributed by atoms with Crippen LogP contribution < -0.4 is 10.9 Å². The van der Waals surface area contributed by atoms with Gasteiger partial charge in [0.25, 0.3) is 5.56 Å². The van der Waals surface area contributed by atoms with Gasteiger partial charge in [-0.05, 0) is 30.7 Å². The van der Waals surface area contributed by atoms with E-state index < -0.39 is 29.8 Å². The smallest absolute Gasteiger partial charge is 0.324 e. The van der Waals surface area contributed by atoms with Crippen LogP contribution in [0.2, 0.25) is 5.02 Å². The summed E-state index contributed by atoms with van der Waals surface area (Å²) in [6.45, 7) is 1.16. The Bertz CT molecular complexity index is 800. The summed E-state index contributed by atoms with van der Waals surface area (Å²) in [5, 5.41) is 2.96. The van der Waals surface area contributed by atoms with Gasteiger partial charge < -0.3 is 9.88 Å². The number of pyridine rings is 1. The molecule has 1 aromatic carbocycles. The Morgan fingerprint density at radius 1 is 1.26 bits per heavy atom. The zero-order valence-electron chi connectivity index (χ0n) is 11.9. The Morgan fingerprint density at radius 2 is 1.96 bits per heavy atom. The lowest BCUT2D eigenvalue weighted by Gasteiger charge is -2.12. The first-order valence-corrected chi connectivity index (χ1v) is 6.89. The number of amides is 1. The van der Waals surface area contributed by atoms with E-state index in [0.29, 0.717) is 33.1 Å². The SMILES string of the molecule is Cc1c(Cl)cccc1NC(=O)Cn1cc(C(F)(F)F)ccc1=O. The van der Waals surface area contributed by atoms with E-state index in [1.54, 1.807) is 25.1 Å². The molecule has 2 rings (SSSR count). The van der Waals surface area contributed by atoms with Crippen LogP contribution in [0.25, 0.3) is 0 Å². The van der Waals surface area contributed by atoms with Gasteiger partial charge in [0.05, 0.1) is 5.56 Å². The zero-order valence-corrected chi connectivity index (χ0v) is 12.7. The minimum absolute atomic E-state index is 0.433. The van der Waals surface area contributed by atoms with Gasteiger partial charge in [0.2, 0.25) is 5.91 Å². The van der Waals surface area contributed by atoms with Crippen molar-refractivity contribution in [2.45, 2.75) is 19.6 Å². The van der Waals surface area contributed by atoms with E-state index in [4.69, 9.17) is 11.6 Å². The molecule has 0 bridgehead atoms. The number of aromatic nitrogens is 1. The van der Waals surface area contributed by atoms with Crippen LogP contribution in [-0.4, -0.2) is 10.5 Å². The maximum atomic E-state index is 12.7. The Labute approximate surface area is 134 Å². The molecule has 23 heavy (non-hydrogen) atoms. The van der Waals surface area contributed by atoms with Crippen molar-refractivity contribution < 1.29 is 18.0 Å². The van der Waals surface area contributed by atoms with Crippen molar-refractivity contribution in [2.75, 3.05) is 5.32 Å². The Kier molecular flexibility index (Phi) is 4.79. The maximum absolute atomic E-state index is 12.7. The normalized spacial score (nSPS) is 11.3.